The molecule has 0 spiro atoms. The Labute approximate surface area is 117 Å². The molecule has 3 nitrogen and oxygen atoms in total. The number of nitrogens with one attached hydrogen (secondary N) is 1. The van der Waals surface area contributed by atoms with E-state index in [1.807, 2.05) is 12.1 Å². The van der Waals surface area contributed by atoms with Crippen molar-refractivity contribution >= 4 is 17.2 Å². The van der Waals surface area contributed by atoms with Gasteiger partial charge in [-0.25, -0.2) is 0 Å². The summed E-state index contributed by atoms with van der Waals surface area (Å²) in [6.45, 7) is 5.00. The Morgan fingerprint density at radius 2 is 2.16 bits per heavy atom. The van der Waals surface area contributed by atoms with Gasteiger partial charge in [-0.15, -0.1) is 11.3 Å². The number of benzene rings is 1. The van der Waals surface area contributed by atoms with E-state index in [9.17, 15) is 4.79 Å². The molecule has 1 amide bonds. The fourth-order valence-corrected chi connectivity index (χ4v) is 2.86. The van der Waals surface area contributed by atoms with Crippen LogP contribution in [-0.2, 0) is 6.54 Å². The number of hydrogen-bond donors (Lipinski definition) is 2. The molecule has 2 aromatic rings. The predicted molar refractivity (Wildman–Crippen MR) is 79.3 cm³/mol. The molecule has 1 aromatic carbocycles. The van der Waals surface area contributed by atoms with Gasteiger partial charge in [0.2, 0.25) is 5.91 Å². The molecule has 1 aromatic heterocycles. The summed E-state index contributed by atoms with van der Waals surface area (Å²) >= 11 is 1.56. The van der Waals surface area contributed by atoms with Gasteiger partial charge in [0.15, 0.2) is 0 Å². The maximum absolute atomic E-state index is 11.0. The fourth-order valence-electron chi connectivity index (χ4n) is 2.04. The van der Waals surface area contributed by atoms with Crippen molar-refractivity contribution in [3.05, 3.63) is 57.3 Å². The van der Waals surface area contributed by atoms with Gasteiger partial charge in [0.25, 0.3) is 0 Å². The van der Waals surface area contributed by atoms with E-state index in [-0.39, 0.29) is 11.9 Å². The standard InChI is InChI=1S/C15H18N2OS/c1-10-5-3-4-6-14(10)11(2)17-8-13-7-12(9-19-13)15(16)18/h3-7,9,11,17H,8H2,1-2H3,(H2,16,18)/t11-/m0/s1. The maximum Gasteiger partial charge on any atom is 0.249 e. The Hall–Kier alpha value is -1.65. The van der Waals surface area contributed by atoms with Crippen LogP contribution in [0.15, 0.2) is 35.7 Å². The van der Waals surface area contributed by atoms with E-state index in [0.717, 1.165) is 11.4 Å². The van der Waals surface area contributed by atoms with Gasteiger partial charge < -0.3 is 11.1 Å². The smallest absolute Gasteiger partial charge is 0.249 e. The summed E-state index contributed by atoms with van der Waals surface area (Å²) < 4.78 is 0. The zero-order chi connectivity index (χ0) is 13.8. The van der Waals surface area contributed by atoms with Gasteiger partial charge in [0, 0.05) is 22.8 Å². The molecule has 1 heterocycles. The summed E-state index contributed by atoms with van der Waals surface area (Å²) in [5.41, 5.74) is 8.41. The largest absolute Gasteiger partial charge is 0.366 e. The van der Waals surface area contributed by atoms with E-state index in [4.69, 9.17) is 5.73 Å². The first-order valence-corrected chi connectivity index (χ1v) is 7.12. The number of rotatable bonds is 5. The summed E-state index contributed by atoms with van der Waals surface area (Å²) in [7, 11) is 0. The number of thiophene rings is 1. The Bertz CT molecular complexity index is 577. The number of hydrogen-bond acceptors (Lipinski definition) is 3. The molecule has 2 rings (SSSR count). The highest BCUT2D eigenvalue weighted by molar-refractivity contribution is 7.10. The Balaban J connectivity index is 1.98. The normalized spacial score (nSPS) is 12.3. The van der Waals surface area contributed by atoms with Crippen LogP contribution in [-0.4, -0.2) is 5.91 Å². The van der Waals surface area contributed by atoms with E-state index in [2.05, 4.69) is 37.4 Å². The molecular weight excluding hydrogens is 256 g/mol. The van der Waals surface area contributed by atoms with Crippen molar-refractivity contribution in [3.8, 4) is 0 Å². The van der Waals surface area contributed by atoms with Crippen molar-refractivity contribution in [2.45, 2.75) is 26.4 Å². The fraction of sp³-hybridized carbons (Fsp3) is 0.267. The summed E-state index contributed by atoms with van der Waals surface area (Å²) in [6.07, 6.45) is 0. The maximum atomic E-state index is 11.0. The van der Waals surface area contributed by atoms with Gasteiger partial charge in [-0.3, -0.25) is 4.79 Å². The molecule has 0 bridgehead atoms. The minimum atomic E-state index is -0.366. The zero-order valence-corrected chi connectivity index (χ0v) is 12.0. The quantitative estimate of drug-likeness (QED) is 0.880. The van der Waals surface area contributed by atoms with Gasteiger partial charge in [-0.05, 0) is 31.0 Å². The average molecular weight is 274 g/mol. The molecule has 3 N–H and O–H groups in total. The molecule has 4 heteroatoms. The van der Waals surface area contributed by atoms with E-state index >= 15 is 0 Å². The van der Waals surface area contributed by atoms with Gasteiger partial charge in [0.05, 0.1) is 5.56 Å². The minimum Gasteiger partial charge on any atom is -0.366 e. The molecule has 0 radical (unpaired) electrons. The molecule has 19 heavy (non-hydrogen) atoms. The van der Waals surface area contributed by atoms with Crippen LogP contribution in [0.4, 0.5) is 0 Å². The molecule has 0 unspecified atom stereocenters. The Morgan fingerprint density at radius 3 is 2.79 bits per heavy atom. The predicted octanol–water partition coefficient (Wildman–Crippen LogP) is 3.01. The summed E-state index contributed by atoms with van der Waals surface area (Å²) in [6, 6.07) is 10.5. The van der Waals surface area contributed by atoms with Crippen LogP contribution in [0.2, 0.25) is 0 Å². The van der Waals surface area contributed by atoms with Crippen LogP contribution in [0, 0.1) is 6.92 Å². The second-order valence-corrected chi connectivity index (χ2v) is 5.62. The number of carbonyl (C=O) groups excluding carboxylic acids is 1. The Morgan fingerprint density at radius 1 is 1.42 bits per heavy atom. The molecule has 0 aliphatic rings. The summed E-state index contributed by atoms with van der Waals surface area (Å²) in [4.78, 5) is 12.1. The van der Waals surface area contributed by atoms with E-state index in [0.29, 0.717) is 5.56 Å². The van der Waals surface area contributed by atoms with Crippen molar-refractivity contribution in [2.75, 3.05) is 0 Å². The van der Waals surface area contributed by atoms with Crippen molar-refractivity contribution in [1.82, 2.24) is 5.32 Å². The number of primary amides is 1. The second-order valence-electron chi connectivity index (χ2n) is 4.63. The van der Waals surface area contributed by atoms with E-state index in [1.165, 1.54) is 11.1 Å². The highest BCUT2D eigenvalue weighted by Gasteiger charge is 2.09. The minimum absolute atomic E-state index is 0.278. The average Bonchev–Trinajstić information content (AvgIpc) is 2.85. The molecular formula is C15H18N2OS. The summed E-state index contributed by atoms with van der Waals surface area (Å²) in [5.74, 6) is -0.366. The lowest BCUT2D eigenvalue weighted by Gasteiger charge is -2.15. The SMILES string of the molecule is Cc1ccccc1[C@H](C)NCc1cc(C(N)=O)cs1. The van der Waals surface area contributed by atoms with Gasteiger partial charge in [0.1, 0.15) is 0 Å². The van der Waals surface area contributed by atoms with Crippen molar-refractivity contribution < 1.29 is 4.79 Å². The second kappa shape index (κ2) is 5.99. The van der Waals surface area contributed by atoms with Crippen LogP contribution < -0.4 is 11.1 Å². The first-order valence-electron chi connectivity index (χ1n) is 6.24. The lowest BCUT2D eigenvalue weighted by Crippen LogP contribution is -2.18. The van der Waals surface area contributed by atoms with Gasteiger partial charge in [-0.2, -0.15) is 0 Å². The molecule has 0 saturated heterocycles. The van der Waals surface area contributed by atoms with Crippen LogP contribution in [0.25, 0.3) is 0 Å². The topological polar surface area (TPSA) is 55.1 Å². The molecule has 0 saturated carbocycles. The van der Waals surface area contributed by atoms with E-state index < -0.39 is 0 Å². The number of amides is 1. The Kier molecular flexibility index (Phi) is 4.35. The monoisotopic (exact) mass is 274 g/mol. The lowest BCUT2D eigenvalue weighted by atomic mass is 10.0. The van der Waals surface area contributed by atoms with Crippen molar-refractivity contribution in [2.24, 2.45) is 5.73 Å². The van der Waals surface area contributed by atoms with Crippen LogP contribution in [0.5, 0.6) is 0 Å². The third-order valence-electron chi connectivity index (χ3n) is 3.18. The highest BCUT2D eigenvalue weighted by Crippen LogP contribution is 2.19. The number of aryl methyl sites for hydroxylation is 1. The number of nitrogens with two attached hydrogens (primary N) is 1. The molecule has 0 aliphatic heterocycles. The number of carbonyl (C=O) groups is 1. The molecule has 1 atom stereocenters. The van der Waals surface area contributed by atoms with Crippen molar-refractivity contribution in [1.29, 1.82) is 0 Å². The third kappa shape index (κ3) is 3.43. The third-order valence-corrected chi connectivity index (χ3v) is 4.11. The van der Waals surface area contributed by atoms with Gasteiger partial charge >= 0.3 is 0 Å². The zero-order valence-electron chi connectivity index (χ0n) is 11.1. The van der Waals surface area contributed by atoms with Crippen LogP contribution in [0.1, 0.15) is 39.3 Å². The molecule has 100 valence electrons. The summed E-state index contributed by atoms with van der Waals surface area (Å²) in [5, 5.41) is 5.27. The van der Waals surface area contributed by atoms with Gasteiger partial charge in [-0.1, -0.05) is 24.3 Å². The van der Waals surface area contributed by atoms with Crippen LogP contribution in [0.3, 0.4) is 0 Å². The highest BCUT2D eigenvalue weighted by atomic mass is 32.1. The first kappa shape index (κ1) is 13.8. The van der Waals surface area contributed by atoms with Crippen LogP contribution >= 0.6 is 11.3 Å². The lowest BCUT2D eigenvalue weighted by molar-refractivity contribution is 0.100. The van der Waals surface area contributed by atoms with Crippen molar-refractivity contribution in [3.63, 3.8) is 0 Å². The molecule has 0 fully saturated rings. The van der Waals surface area contributed by atoms with E-state index in [1.54, 1.807) is 16.7 Å². The first-order chi connectivity index (χ1) is 9.08. The molecule has 0 aliphatic carbocycles.